The molecule has 0 fully saturated rings. The Kier molecular flexibility index (Phi) is 6.54. The number of hydrogen-bond acceptors (Lipinski definition) is 5. The highest BCUT2D eigenvalue weighted by Crippen LogP contribution is 2.28. The molecule has 0 saturated carbocycles. The van der Waals surface area contributed by atoms with E-state index >= 15 is 0 Å². The third-order valence-electron chi connectivity index (χ3n) is 4.58. The molecule has 0 bridgehead atoms. The Bertz CT molecular complexity index is 1000. The molecule has 0 aliphatic carbocycles. The van der Waals surface area contributed by atoms with Gasteiger partial charge in [0.2, 0.25) is 6.36 Å². The number of tetrazole rings is 1. The minimum Gasteiger partial charge on any atom is -0.460 e. The van der Waals surface area contributed by atoms with Crippen LogP contribution in [0.2, 0.25) is 0 Å². The summed E-state index contributed by atoms with van der Waals surface area (Å²) in [5, 5.41) is 15.7. The molecule has 3 rings (SSSR count). The molecular formula is C21H24FN5O2. The van der Waals surface area contributed by atoms with Crippen LogP contribution < -0.4 is 10.1 Å². The first-order valence-corrected chi connectivity index (χ1v) is 9.47. The molecule has 0 aliphatic rings. The normalized spacial score (nSPS) is 13.1. The van der Waals surface area contributed by atoms with Gasteiger partial charge in [-0.3, -0.25) is 4.79 Å². The molecule has 1 aromatic heterocycles. The van der Waals surface area contributed by atoms with Gasteiger partial charge in [-0.05, 0) is 59.8 Å². The third-order valence-corrected chi connectivity index (χ3v) is 4.58. The molecule has 3 aromatic rings. The minimum absolute atomic E-state index is 0.249. The maximum atomic E-state index is 14.1. The van der Waals surface area contributed by atoms with Gasteiger partial charge in [-0.1, -0.05) is 18.2 Å². The minimum atomic E-state index is -1.38. The maximum absolute atomic E-state index is 14.1. The van der Waals surface area contributed by atoms with Crippen LogP contribution in [-0.2, 0) is 7.05 Å². The van der Waals surface area contributed by atoms with Gasteiger partial charge in [-0.2, -0.15) is 0 Å². The van der Waals surface area contributed by atoms with Gasteiger partial charge in [0.25, 0.3) is 5.91 Å². The first-order valence-electron chi connectivity index (χ1n) is 9.47. The molecule has 0 aliphatic heterocycles. The number of amides is 1. The van der Waals surface area contributed by atoms with Crippen LogP contribution in [0.25, 0.3) is 10.8 Å². The van der Waals surface area contributed by atoms with Crippen LogP contribution in [0.4, 0.5) is 4.39 Å². The van der Waals surface area contributed by atoms with E-state index in [2.05, 4.69) is 27.4 Å². The van der Waals surface area contributed by atoms with Gasteiger partial charge in [-0.15, -0.1) is 11.7 Å². The van der Waals surface area contributed by atoms with Crippen molar-refractivity contribution in [1.82, 2.24) is 25.5 Å². The van der Waals surface area contributed by atoms with Gasteiger partial charge >= 0.3 is 0 Å². The molecule has 1 heterocycles. The number of benzene rings is 2. The topological polar surface area (TPSA) is 81.9 Å². The van der Waals surface area contributed by atoms with Crippen LogP contribution in [0.3, 0.4) is 0 Å². The fourth-order valence-corrected chi connectivity index (χ4v) is 3.07. The number of aromatic nitrogens is 4. The molecule has 2 aromatic carbocycles. The molecule has 0 spiro atoms. The Morgan fingerprint density at radius 3 is 2.93 bits per heavy atom. The van der Waals surface area contributed by atoms with E-state index in [-0.39, 0.29) is 11.9 Å². The van der Waals surface area contributed by atoms with Crippen molar-refractivity contribution in [3.8, 4) is 5.75 Å². The fourth-order valence-electron chi connectivity index (χ4n) is 3.07. The largest absolute Gasteiger partial charge is 0.460 e. The molecule has 152 valence electrons. The van der Waals surface area contributed by atoms with E-state index in [9.17, 15) is 9.18 Å². The number of ether oxygens (including phenoxy) is 1. The van der Waals surface area contributed by atoms with E-state index in [1.165, 1.54) is 4.68 Å². The highest BCUT2D eigenvalue weighted by Gasteiger charge is 2.17. The lowest BCUT2D eigenvalue weighted by Crippen LogP contribution is -2.28. The van der Waals surface area contributed by atoms with E-state index in [0.29, 0.717) is 30.0 Å². The van der Waals surface area contributed by atoms with Gasteiger partial charge in [0, 0.05) is 24.4 Å². The van der Waals surface area contributed by atoms with Gasteiger partial charge in [-0.25, -0.2) is 9.07 Å². The van der Waals surface area contributed by atoms with Crippen LogP contribution in [0.15, 0.2) is 49.1 Å². The smallest absolute Gasteiger partial charge is 0.251 e. The first-order chi connectivity index (χ1) is 14.0. The van der Waals surface area contributed by atoms with E-state index in [0.717, 1.165) is 17.2 Å². The second kappa shape index (κ2) is 9.27. The quantitative estimate of drug-likeness (QED) is 0.438. The molecule has 1 amide bonds. The van der Waals surface area contributed by atoms with Crippen molar-refractivity contribution in [3.05, 3.63) is 60.4 Å². The van der Waals surface area contributed by atoms with Gasteiger partial charge < -0.3 is 10.1 Å². The lowest BCUT2D eigenvalue weighted by Gasteiger charge is -2.15. The van der Waals surface area contributed by atoms with Crippen LogP contribution in [0, 0.1) is 0 Å². The fraction of sp³-hybridized carbons (Fsp3) is 0.333. The van der Waals surface area contributed by atoms with Crippen molar-refractivity contribution in [2.45, 2.75) is 38.6 Å². The lowest BCUT2D eigenvalue weighted by molar-refractivity contribution is 0.0593. The number of fused-ring (bicyclic) bond motifs is 1. The number of halogens is 1. The Morgan fingerprint density at radius 2 is 2.21 bits per heavy atom. The van der Waals surface area contributed by atoms with Crippen molar-refractivity contribution in [1.29, 1.82) is 0 Å². The number of allylic oxidation sites excluding steroid dienone is 1. The Hall–Kier alpha value is -3.29. The monoisotopic (exact) mass is 397 g/mol. The van der Waals surface area contributed by atoms with Crippen molar-refractivity contribution >= 4 is 16.7 Å². The predicted octanol–water partition coefficient (Wildman–Crippen LogP) is 3.89. The highest BCUT2D eigenvalue weighted by molar-refractivity contribution is 6.00. The molecule has 8 heteroatoms. The predicted molar refractivity (Wildman–Crippen MR) is 108 cm³/mol. The number of alkyl halides is 1. The summed E-state index contributed by atoms with van der Waals surface area (Å²) in [6.07, 6.45) is 2.11. The lowest BCUT2D eigenvalue weighted by atomic mass is 10.1. The number of hydrogen-bond donors (Lipinski definition) is 1. The molecule has 0 saturated heterocycles. The number of unbranched alkanes of at least 4 members (excludes halogenated alkanes) is 1. The molecular weight excluding hydrogens is 373 g/mol. The number of carbonyl (C=O) groups is 1. The second-order valence-corrected chi connectivity index (χ2v) is 6.80. The summed E-state index contributed by atoms with van der Waals surface area (Å²) in [6, 6.07) is 10.2. The van der Waals surface area contributed by atoms with Gasteiger partial charge in [0.1, 0.15) is 5.75 Å². The molecule has 2 atom stereocenters. The number of nitrogens with one attached hydrogen (secondary N) is 1. The van der Waals surface area contributed by atoms with Crippen molar-refractivity contribution in [3.63, 3.8) is 0 Å². The zero-order valence-corrected chi connectivity index (χ0v) is 16.5. The summed E-state index contributed by atoms with van der Waals surface area (Å²) in [5.41, 5.74) is 0.486. The average Bonchev–Trinajstić information content (AvgIpc) is 3.14. The summed E-state index contributed by atoms with van der Waals surface area (Å²) in [4.78, 5) is 12.6. The van der Waals surface area contributed by atoms with E-state index < -0.39 is 6.36 Å². The van der Waals surface area contributed by atoms with Crippen LogP contribution >= 0.6 is 0 Å². The van der Waals surface area contributed by atoms with Gasteiger partial charge in [0.05, 0.1) is 6.04 Å². The zero-order chi connectivity index (χ0) is 20.8. The van der Waals surface area contributed by atoms with Crippen molar-refractivity contribution in [2.75, 3.05) is 0 Å². The molecule has 1 unspecified atom stereocenters. The summed E-state index contributed by atoms with van der Waals surface area (Å²) >= 11 is 0. The first kappa shape index (κ1) is 20.4. The standard InChI is InChI=1S/C21H24FN5O2/c1-4-5-6-10-19(22)29-18-9-7-8-15-13-16(11-12-17(15)18)21(28)23-14(2)20-24-25-26-27(20)3/h4,7-9,11-14,19H,1,5-6,10H2,2-3H3,(H,23,28)/t14-,19?/m0/s1. The zero-order valence-electron chi connectivity index (χ0n) is 16.5. The summed E-state index contributed by atoms with van der Waals surface area (Å²) in [7, 11) is 1.71. The number of nitrogens with zero attached hydrogens (tertiary/aromatic N) is 4. The number of carbonyl (C=O) groups excluding carboxylic acids is 1. The second-order valence-electron chi connectivity index (χ2n) is 6.80. The number of rotatable bonds is 9. The van der Waals surface area contributed by atoms with Gasteiger partial charge in [0.15, 0.2) is 5.82 Å². The summed E-state index contributed by atoms with van der Waals surface area (Å²) in [5.74, 6) is 0.765. The van der Waals surface area contributed by atoms with Crippen molar-refractivity contribution in [2.24, 2.45) is 7.05 Å². The third kappa shape index (κ3) is 4.96. The van der Waals surface area contributed by atoms with E-state index in [1.54, 1.807) is 43.5 Å². The average molecular weight is 397 g/mol. The molecule has 0 radical (unpaired) electrons. The molecule has 7 nitrogen and oxygen atoms in total. The maximum Gasteiger partial charge on any atom is 0.251 e. The Morgan fingerprint density at radius 1 is 1.38 bits per heavy atom. The molecule has 1 N–H and O–H groups in total. The summed E-state index contributed by atoms with van der Waals surface area (Å²) < 4.78 is 21.1. The SMILES string of the molecule is C=CCCCC(F)Oc1cccc2cc(C(=O)N[C@@H](C)c3nnnn3C)ccc12. The summed E-state index contributed by atoms with van der Waals surface area (Å²) in [6.45, 7) is 5.44. The van der Waals surface area contributed by atoms with Crippen LogP contribution in [0.5, 0.6) is 5.75 Å². The molecule has 29 heavy (non-hydrogen) atoms. The van der Waals surface area contributed by atoms with E-state index in [4.69, 9.17) is 4.74 Å². The highest BCUT2D eigenvalue weighted by atomic mass is 19.1. The number of aryl methyl sites for hydroxylation is 1. The van der Waals surface area contributed by atoms with E-state index in [1.807, 2.05) is 13.0 Å². The van der Waals surface area contributed by atoms with Crippen molar-refractivity contribution < 1.29 is 13.9 Å². The Labute approximate surface area is 168 Å². The van der Waals surface area contributed by atoms with Crippen LogP contribution in [0.1, 0.15) is 48.4 Å². The van der Waals surface area contributed by atoms with Crippen LogP contribution in [-0.4, -0.2) is 32.5 Å². The Balaban J connectivity index is 1.74.